The van der Waals surface area contributed by atoms with Crippen LogP contribution in [0.25, 0.3) is 0 Å². The molecule has 1 aliphatic heterocycles. The Bertz CT molecular complexity index is 372. The van der Waals surface area contributed by atoms with Crippen LogP contribution >= 0.6 is 0 Å². The fourth-order valence-electron chi connectivity index (χ4n) is 2.01. The van der Waals surface area contributed by atoms with Gasteiger partial charge in [0, 0.05) is 19.2 Å². The summed E-state index contributed by atoms with van der Waals surface area (Å²) in [6.45, 7) is 6.54. The van der Waals surface area contributed by atoms with Gasteiger partial charge in [-0.1, -0.05) is 13.8 Å². The van der Waals surface area contributed by atoms with Crippen molar-refractivity contribution in [3.05, 3.63) is 6.07 Å². The first kappa shape index (κ1) is 11.0. The molecule has 2 atom stereocenters. The monoisotopic (exact) mass is 222 g/mol. The molecular formula is C11H18N4O. The summed E-state index contributed by atoms with van der Waals surface area (Å²) in [7, 11) is 1.58. The van der Waals surface area contributed by atoms with Gasteiger partial charge >= 0.3 is 0 Å². The van der Waals surface area contributed by atoms with Gasteiger partial charge in [-0.2, -0.15) is 9.97 Å². The Morgan fingerprint density at radius 3 is 2.50 bits per heavy atom. The molecule has 1 aromatic rings. The lowest BCUT2D eigenvalue weighted by molar-refractivity contribution is 0.397. The Kier molecular flexibility index (Phi) is 2.85. The van der Waals surface area contributed by atoms with E-state index >= 15 is 0 Å². The highest BCUT2D eigenvalue weighted by atomic mass is 16.5. The van der Waals surface area contributed by atoms with E-state index in [1.807, 2.05) is 6.07 Å². The molecule has 2 rings (SSSR count). The lowest BCUT2D eigenvalue weighted by atomic mass is 10.0. The van der Waals surface area contributed by atoms with Gasteiger partial charge in [0.2, 0.25) is 11.8 Å². The van der Waals surface area contributed by atoms with Crippen LogP contribution in [-0.4, -0.2) is 30.2 Å². The highest BCUT2D eigenvalue weighted by molar-refractivity contribution is 5.46. The maximum Gasteiger partial charge on any atom is 0.225 e. The van der Waals surface area contributed by atoms with E-state index in [4.69, 9.17) is 10.5 Å². The molecule has 1 aliphatic rings. The minimum atomic E-state index is 0.265. The molecule has 5 heteroatoms. The molecular weight excluding hydrogens is 204 g/mol. The van der Waals surface area contributed by atoms with Gasteiger partial charge in [0.25, 0.3) is 0 Å². The SMILES string of the molecule is COc1cc(N2CC(C)C(C)C2)nc(N)n1. The Morgan fingerprint density at radius 1 is 1.31 bits per heavy atom. The molecule has 5 nitrogen and oxygen atoms in total. The van der Waals surface area contributed by atoms with Gasteiger partial charge < -0.3 is 15.4 Å². The zero-order valence-corrected chi connectivity index (χ0v) is 9.97. The molecule has 0 radical (unpaired) electrons. The molecule has 16 heavy (non-hydrogen) atoms. The minimum Gasteiger partial charge on any atom is -0.481 e. The van der Waals surface area contributed by atoms with E-state index in [1.54, 1.807) is 7.11 Å². The molecule has 2 N–H and O–H groups in total. The normalized spacial score (nSPS) is 24.8. The molecule has 1 fully saturated rings. The Labute approximate surface area is 95.6 Å². The fourth-order valence-corrected chi connectivity index (χ4v) is 2.01. The largest absolute Gasteiger partial charge is 0.481 e. The van der Waals surface area contributed by atoms with Gasteiger partial charge in [0.15, 0.2) is 0 Å². The number of ether oxygens (including phenoxy) is 1. The summed E-state index contributed by atoms with van der Waals surface area (Å²) in [6, 6.07) is 1.83. The number of nitrogens with two attached hydrogens (primary N) is 1. The summed E-state index contributed by atoms with van der Waals surface area (Å²) < 4.78 is 5.09. The zero-order chi connectivity index (χ0) is 11.7. The highest BCUT2D eigenvalue weighted by Gasteiger charge is 2.27. The number of rotatable bonds is 2. The second-order valence-corrected chi connectivity index (χ2v) is 4.49. The van der Waals surface area contributed by atoms with Crippen molar-refractivity contribution in [3.8, 4) is 5.88 Å². The lowest BCUT2D eigenvalue weighted by Crippen LogP contribution is -2.21. The van der Waals surface area contributed by atoms with Crippen LogP contribution in [0, 0.1) is 11.8 Å². The number of hydrogen-bond donors (Lipinski definition) is 1. The van der Waals surface area contributed by atoms with E-state index < -0.39 is 0 Å². The fraction of sp³-hybridized carbons (Fsp3) is 0.636. The Morgan fingerprint density at radius 2 is 1.94 bits per heavy atom. The molecule has 0 aliphatic carbocycles. The summed E-state index contributed by atoms with van der Waals surface area (Å²) in [5.41, 5.74) is 5.64. The van der Waals surface area contributed by atoms with E-state index in [9.17, 15) is 0 Å². The van der Waals surface area contributed by atoms with Gasteiger partial charge in [-0.3, -0.25) is 0 Å². The van der Waals surface area contributed by atoms with Crippen molar-refractivity contribution in [2.24, 2.45) is 11.8 Å². The molecule has 0 saturated carbocycles. The van der Waals surface area contributed by atoms with Crippen LogP contribution in [-0.2, 0) is 0 Å². The zero-order valence-electron chi connectivity index (χ0n) is 9.97. The van der Waals surface area contributed by atoms with Crippen molar-refractivity contribution < 1.29 is 4.74 Å². The summed E-state index contributed by atoms with van der Waals surface area (Å²) in [4.78, 5) is 10.5. The van der Waals surface area contributed by atoms with Crippen molar-refractivity contribution >= 4 is 11.8 Å². The summed E-state index contributed by atoms with van der Waals surface area (Å²) >= 11 is 0. The van der Waals surface area contributed by atoms with E-state index in [2.05, 4.69) is 28.7 Å². The molecule has 2 unspecified atom stereocenters. The van der Waals surface area contributed by atoms with Gasteiger partial charge in [0.1, 0.15) is 5.82 Å². The molecule has 0 aromatic carbocycles. The quantitative estimate of drug-likeness (QED) is 0.813. The summed E-state index contributed by atoms with van der Waals surface area (Å²) in [6.07, 6.45) is 0. The standard InChI is InChI=1S/C11H18N4O/c1-7-5-15(6-8(7)2)9-4-10(16-3)14-11(12)13-9/h4,7-8H,5-6H2,1-3H3,(H2,12,13,14). The molecule has 88 valence electrons. The van der Waals surface area contributed by atoms with Crippen LogP contribution in [0.1, 0.15) is 13.8 Å². The third-order valence-electron chi connectivity index (χ3n) is 3.23. The first-order chi connectivity index (χ1) is 7.60. The highest BCUT2D eigenvalue weighted by Crippen LogP contribution is 2.28. The van der Waals surface area contributed by atoms with Crippen molar-refractivity contribution in [2.75, 3.05) is 30.8 Å². The van der Waals surface area contributed by atoms with Crippen LogP contribution in [0.5, 0.6) is 5.88 Å². The van der Waals surface area contributed by atoms with Crippen molar-refractivity contribution in [2.45, 2.75) is 13.8 Å². The van der Waals surface area contributed by atoms with Crippen LogP contribution < -0.4 is 15.4 Å². The number of nitrogen functional groups attached to an aromatic ring is 1. The second-order valence-electron chi connectivity index (χ2n) is 4.49. The average Bonchev–Trinajstić information content (AvgIpc) is 2.58. The number of hydrogen-bond acceptors (Lipinski definition) is 5. The molecule has 1 saturated heterocycles. The van der Waals surface area contributed by atoms with E-state index in [0.29, 0.717) is 17.7 Å². The van der Waals surface area contributed by atoms with Crippen molar-refractivity contribution in [1.82, 2.24) is 9.97 Å². The van der Waals surface area contributed by atoms with E-state index in [1.165, 1.54) is 0 Å². The molecule has 1 aromatic heterocycles. The smallest absolute Gasteiger partial charge is 0.225 e. The first-order valence-electron chi connectivity index (χ1n) is 5.53. The summed E-state index contributed by atoms with van der Waals surface area (Å²) in [5.74, 6) is 3.01. The van der Waals surface area contributed by atoms with Crippen LogP contribution in [0.3, 0.4) is 0 Å². The van der Waals surface area contributed by atoms with E-state index in [-0.39, 0.29) is 5.95 Å². The van der Waals surface area contributed by atoms with Crippen LogP contribution in [0.4, 0.5) is 11.8 Å². The second kappa shape index (κ2) is 4.15. The molecule has 0 bridgehead atoms. The van der Waals surface area contributed by atoms with Crippen LogP contribution in [0.2, 0.25) is 0 Å². The number of nitrogens with zero attached hydrogens (tertiary/aromatic N) is 3. The first-order valence-corrected chi connectivity index (χ1v) is 5.53. The van der Waals surface area contributed by atoms with Gasteiger partial charge in [-0.25, -0.2) is 0 Å². The number of aromatic nitrogens is 2. The Balaban J connectivity index is 2.24. The van der Waals surface area contributed by atoms with Gasteiger partial charge in [0.05, 0.1) is 7.11 Å². The van der Waals surface area contributed by atoms with Gasteiger partial charge in [-0.05, 0) is 11.8 Å². The Hall–Kier alpha value is -1.52. The number of anilines is 2. The topological polar surface area (TPSA) is 64.3 Å². The molecule has 0 amide bonds. The predicted molar refractivity (Wildman–Crippen MR) is 63.5 cm³/mol. The van der Waals surface area contributed by atoms with Crippen molar-refractivity contribution in [1.29, 1.82) is 0 Å². The van der Waals surface area contributed by atoms with Crippen molar-refractivity contribution in [3.63, 3.8) is 0 Å². The maximum atomic E-state index is 5.64. The predicted octanol–water partition coefficient (Wildman–Crippen LogP) is 1.16. The minimum absolute atomic E-state index is 0.265. The number of methoxy groups -OCH3 is 1. The summed E-state index contributed by atoms with van der Waals surface area (Å²) in [5, 5.41) is 0. The lowest BCUT2D eigenvalue weighted by Gasteiger charge is -2.17. The van der Waals surface area contributed by atoms with E-state index in [0.717, 1.165) is 18.9 Å². The van der Waals surface area contributed by atoms with Crippen LogP contribution in [0.15, 0.2) is 6.07 Å². The third kappa shape index (κ3) is 2.03. The molecule has 0 spiro atoms. The average molecular weight is 222 g/mol. The third-order valence-corrected chi connectivity index (χ3v) is 3.23. The van der Waals surface area contributed by atoms with Gasteiger partial charge in [-0.15, -0.1) is 0 Å². The molecule has 2 heterocycles. The maximum absolute atomic E-state index is 5.64.